The zero-order chi connectivity index (χ0) is 22.0. The highest BCUT2D eigenvalue weighted by molar-refractivity contribution is 8.19. The number of carbonyl (C=O) groups is 1. The Bertz CT molecular complexity index is 1140. The number of thioether (sulfide) groups is 2. The van der Waals surface area contributed by atoms with Crippen LogP contribution < -0.4 is 10.2 Å². The van der Waals surface area contributed by atoms with Crippen LogP contribution in [0, 0.1) is 11.3 Å². The molecule has 0 saturated carbocycles. The molecule has 2 aliphatic rings. The SMILES string of the molecule is CCNc1ccc(C#N)cc1N=C1S/C(=C2\Sc3ccccc3N2CC)C(=O)N1CC. The van der Waals surface area contributed by atoms with Crippen LogP contribution in [0.4, 0.5) is 17.1 Å². The third-order valence-corrected chi connectivity index (χ3v) is 7.39. The number of nitriles is 1. The Morgan fingerprint density at radius 3 is 2.55 bits per heavy atom. The first kappa shape index (κ1) is 21.3. The van der Waals surface area contributed by atoms with Gasteiger partial charge in [-0.1, -0.05) is 23.9 Å². The van der Waals surface area contributed by atoms with Gasteiger partial charge >= 0.3 is 0 Å². The zero-order valence-electron chi connectivity index (χ0n) is 17.7. The molecule has 2 aromatic rings. The summed E-state index contributed by atoms with van der Waals surface area (Å²) < 4.78 is 0. The van der Waals surface area contributed by atoms with E-state index in [1.807, 2.05) is 32.0 Å². The molecule has 0 spiro atoms. The van der Waals surface area contributed by atoms with Crippen molar-refractivity contribution in [1.29, 1.82) is 5.26 Å². The monoisotopic (exact) mass is 449 g/mol. The van der Waals surface area contributed by atoms with Crippen molar-refractivity contribution in [2.45, 2.75) is 25.7 Å². The van der Waals surface area contributed by atoms with E-state index >= 15 is 0 Å². The quantitative estimate of drug-likeness (QED) is 0.619. The third kappa shape index (κ3) is 3.91. The number of nitrogens with one attached hydrogen (secondary N) is 1. The lowest BCUT2D eigenvalue weighted by Crippen LogP contribution is -2.29. The molecule has 0 aromatic heterocycles. The molecular formula is C23H23N5OS2. The Labute approximate surface area is 191 Å². The molecule has 8 heteroatoms. The molecule has 2 heterocycles. The molecule has 0 radical (unpaired) electrons. The average Bonchev–Trinajstić information content (AvgIpc) is 3.31. The van der Waals surface area contributed by atoms with Gasteiger partial charge < -0.3 is 10.2 Å². The van der Waals surface area contributed by atoms with Crippen molar-refractivity contribution in [2.75, 3.05) is 29.9 Å². The average molecular weight is 450 g/mol. The number of amidine groups is 1. The molecule has 1 saturated heterocycles. The number of amides is 1. The molecule has 0 atom stereocenters. The molecule has 31 heavy (non-hydrogen) atoms. The van der Waals surface area contributed by atoms with Crippen LogP contribution >= 0.6 is 23.5 Å². The van der Waals surface area contributed by atoms with E-state index in [9.17, 15) is 10.1 Å². The number of likely N-dealkylation sites (N-methyl/N-ethyl adjacent to an activating group) is 1. The van der Waals surface area contributed by atoms with Crippen molar-refractivity contribution in [3.8, 4) is 6.07 Å². The number of benzene rings is 2. The first-order chi connectivity index (χ1) is 15.1. The summed E-state index contributed by atoms with van der Waals surface area (Å²) in [6.07, 6.45) is 0. The van der Waals surface area contributed by atoms with Gasteiger partial charge in [-0.05, 0) is 62.9 Å². The molecule has 4 rings (SSSR count). The normalized spacial score (nSPS) is 19.2. The molecule has 158 valence electrons. The number of fused-ring (bicyclic) bond motifs is 1. The first-order valence-electron chi connectivity index (χ1n) is 10.3. The van der Waals surface area contributed by atoms with E-state index in [4.69, 9.17) is 4.99 Å². The lowest BCUT2D eigenvalue weighted by Gasteiger charge is -2.19. The maximum atomic E-state index is 13.3. The van der Waals surface area contributed by atoms with Gasteiger partial charge in [-0.15, -0.1) is 0 Å². The number of carbonyl (C=O) groups excluding carboxylic acids is 1. The maximum absolute atomic E-state index is 13.3. The fraction of sp³-hybridized carbons (Fsp3) is 0.261. The number of para-hydroxylation sites is 1. The summed E-state index contributed by atoms with van der Waals surface area (Å²) in [7, 11) is 0. The highest BCUT2D eigenvalue weighted by Crippen LogP contribution is 2.50. The van der Waals surface area contributed by atoms with Crippen molar-refractivity contribution in [2.24, 2.45) is 4.99 Å². The Morgan fingerprint density at radius 1 is 1.06 bits per heavy atom. The number of rotatable bonds is 5. The van der Waals surface area contributed by atoms with Crippen LogP contribution in [-0.2, 0) is 4.79 Å². The number of hydrogen-bond donors (Lipinski definition) is 1. The second-order valence-corrected chi connectivity index (χ2v) is 8.88. The van der Waals surface area contributed by atoms with Crippen LogP contribution in [0.15, 0.2) is 62.3 Å². The van der Waals surface area contributed by atoms with Gasteiger partial charge in [0.2, 0.25) is 0 Å². The van der Waals surface area contributed by atoms with E-state index < -0.39 is 0 Å². The molecule has 6 nitrogen and oxygen atoms in total. The van der Waals surface area contributed by atoms with E-state index in [1.165, 1.54) is 11.8 Å². The minimum absolute atomic E-state index is 0.0264. The van der Waals surface area contributed by atoms with Gasteiger partial charge in [-0.25, -0.2) is 4.99 Å². The lowest BCUT2D eigenvalue weighted by molar-refractivity contribution is -0.122. The maximum Gasteiger partial charge on any atom is 0.269 e. The fourth-order valence-corrected chi connectivity index (χ4v) is 6.00. The molecule has 0 aliphatic carbocycles. The van der Waals surface area contributed by atoms with Gasteiger partial charge in [0.25, 0.3) is 5.91 Å². The van der Waals surface area contributed by atoms with Crippen molar-refractivity contribution in [3.63, 3.8) is 0 Å². The van der Waals surface area contributed by atoms with Gasteiger partial charge in [0.1, 0.15) is 9.93 Å². The van der Waals surface area contributed by atoms with E-state index in [2.05, 4.69) is 35.3 Å². The van der Waals surface area contributed by atoms with Crippen LogP contribution in [-0.4, -0.2) is 35.6 Å². The molecule has 2 aromatic carbocycles. The summed E-state index contributed by atoms with van der Waals surface area (Å²) in [5.41, 5.74) is 3.18. The van der Waals surface area contributed by atoms with Crippen LogP contribution in [0.3, 0.4) is 0 Å². The van der Waals surface area contributed by atoms with Crippen molar-refractivity contribution < 1.29 is 4.79 Å². The molecule has 1 N–H and O–H groups in total. The van der Waals surface area contributed by atoms with Gasteiger partial charge in [-0.3, -0.25) is 9.69 Å². The highest BCUT2D eigenvalue weighted by atomic mass is 32.2. The first-order valence-corrected chi connectivity index (χ1v) is 11.9. The van der Waals surface area contributed by atoms with Gasteiger partial charge in [-0.2, -0.15) is 5.26 Å². The van der Waals surface area contributed by atoms with Crippen molar-refractivity contribution in [3.05, 3.63) is 58.0 Å². The summed E-state index contributed by atoms with van der Waals surface area (Å²) in [5.74, 6) is -0.0264. The smallest absolute Gasteiger partial charge is 0.269 e. The van der Waals surface area contributed by atoms with Crippen molar-refractivity contribution in [1.82, 2.24) is 4.90 Å². The summed E-state index contributed by atoms with van der Waals surface area (Å²) in [4.78, 5) is 23.9. The molecular weight excluding hydrogens is 426 g/mol. The Kier molecular flexibility index (Phi) is 6.25. The summed E-state index contributed by atoms with van der Waals surface area (Å²) in [6, 6.07) is 15.8. The lowest BCUT2D eigenvalue weighted by atomic mass is 10.2. The second kappa shape index (κ2) is 9.08. The standard InChI is InChI=1S/C23H23N5OS2/c1-4-25-16-12-11-15(14-24)13-17(16)26-23-28(6-3)21(29)20(31-23)22-27(5-2)18-9-7-8-10-19(18)30-22/h7-13,25H,4-6H2,1-3H3/b22-20-,26-23?. The van der Waals surface area contributed by atoms with Crippen LogP contribution in [0.5, 0.6) is 0 Å². The van der Waals surface area contributed by atoms with Crippen LogP contribution in [0.25, 0.3) is 0 Å². The molecule has 1 fully saturated rings. The van der Waals surface area contributed by atoms with Gasteiger partial charge in [0.15, 0.2) is 5.17 Å². The topological polar surface area (TPSA) is 71.7 Å². The number of aliphatic imine (C=N–C) groups is 1. The summed E-state index contributed by atoms with van der Waals surface area (Å²) in [5, 5.41) is 14.2. The van der Waals surface area contributed by atoms with E-state index in [0.717, 1.165) is 34.4 Å². The Morgan fingerprint density at radius 2 is 1.84 bits per heavy atom. The predicted octanol–water partition coefficient (Wildman–Crippen LogP) is 5.37. The number of hydrogen-bond acceptors (Lipinski definition) is 7. The summed E-state index contributed by atoms with van der Waals surface area (Å²) >= 11 is 3.04. The Balaban J connectivity index is 1.77. The minimum atomic E-state index is -0.0264. The Hall–Kier alpha value is -2.89. The van der Waals surface area contributed by atoms with E-state index in [-0.39, 0.29) is 5.91 Å². The largest absolute Gasteiger partial charge is 0.384 e. The van der Waals surface area contributed by atoms with Gasteiger partial charge in [0.05, 0.1) is 28.7 Å². The van der Waals surface area contributed by atoms with Crippen molar-refractivity contribution >= 4 is 51.7 Å². The zero-order valence-corrected chi connectivity index (χ0v) is 19.3. The number of nitrogens with zero attached hydrogens (tertiary/aromatic N) is 4. The fourth-order valence-electron chi connectivity index (χ4n) is 3.55. The van der Waals surface area contributed by atoms with Crippen LogP contribution in [0.2, 0.25) is 0 Å². The molecule has 2 aliphatic heterocycles. The van der Waals surface area contributed by atoms with Gasteiger partial charge in [0, 0.05) is 24.5 Å². The highest BCUT2D eigenvalue weighted by Gasteiger charge is 2.39. The number of anilines is 2. The molecule has 1 amide bonds. The molecule has 0 bridgehead atoms. The van der Waals surface area contributed by atoms with Crippen LogP contribution in [0.1, 0.15) is 26.3 Å². The van der Waals surface area contributed by atoms with E-state index in [1.54, 1.807) is 28.8 Å². The minimum Gasteiger partial charge on any atom is -0.384 e. The summed E-state index contributed by atoms with van der Waals surface area (Å²) in [6.45, 7) is 8.10. The van der Waals surface area contributed by atoms with E-state index in [0.29, 0.717) is 27.9 Å². The predicted molar refractivity (Wildman–Crippen MR) is 130 cm³/mol. The third-order valence-electron chi connectivity index (χ3n) is 5.01. The second-order valence-electron chi connectivity index (χ2n) is 6.87. The molecule has 0 unspecified atom stereocenters.